The number of halogens is 1. The zero-order chi connectivity index (χ0) is 19.4. The number of rotatable bonds is 3. The Morgan fingerprint density at radius 1 is 0.893 bits per heavy atom. The zero-order valence-electron chi connectivity index (χ0n) is 15.8. The van der Waals surface area contributed by atoms with Gasteiger partial charge in [-0.3, -0.25) is 19.3 Å². The molecule has 2 bridgehead atoms. The van der Waals surface area contributed by atoms with Crippen molar-refractivity contribution in [2.75, 3.05) is 5.32 Å². The third-order valence-electron chi connectivity index (χ3n) is 7.51. The maximum atomic E-state index is 13.0. The molecule has 1 aromatic carbocycles. The lowest BCUT2D eigenvalue weighted by Crippen LogP contribution is -2.44. The normalized spacial score (nSPS) is 36.7. The van der Waals surface area contributed by atoms with Gasteiger partial charge in [0.15, 0.2) is 0 Å². The number of nitrogens with zero attached hydrogens (tertiary/aromatic N) is 1. The van der Waals surface area contributed by atoms with Gasteiger partial charge in [-0.15, -0.1) is 0 Å². The monoisotopic (exact) mass is 492 g/mol. The summed E-state index contributed by atoms with van der Waals surface area (Å²) in [5.41, 5.74) is 0.820. The Labute approximate surface area is 178 Å². The molecule has 3 amide bonds. The van der Waals surface area contributed by atoms with Gasteiger partial charge >= 0.3 is 0 Å². The van der Waals surface area contributed by atoms with Crippen molar-refractivity contribution in [3.05, 3.63) is 27.8 Å². The molecule has 1 aromatic rings. The molecule has 0 radical (unpaired) electrons. The molecule has 0 aromatic heterocycles. The van der Waals surface area contributed by atoms with Crippen molar-refractivity contribution in [1.29, 1.82) is 0 Å². The van der Waals surface area contributed by atoms with Gasteiger partial charge in [0.1, 0.15) is 0 Å². The number of likely N-dealkylation sites (tertiary alicyclic amines) is 1. The van der Waals surface area contributed by atoms with Crippen molar-refractivity contribution < 1.29 is 14.4 Å². The lowest BCUT2D eigenvalue weighted by Gasteiger charge is -2.33. The minimum Gasteiger partial charge on any atom is -0.326 e. The molecule has 1 N–H and O–H groups in total. The second-order valence-corrected chi connectivity index (χ2v) is 10.2. The summed E-state index contributed by atoms with van der Waals surface area (Å²) in [6.07, 6.45) is 6.27. The number of imide groups is 1. The summed E-state index contributed by atoms with van der Waals surface area (Å²) >= 11 is 2.24. The lowest BCUT2D eigenvalue weighted by molar-refractivity contribution is -0.144. The van der Waals surface area contributed by atoms with Gasteiger partial charge < -0.3 is 5.32 Å². The molecular formula is C22H25IN2O3. The van der Waals surface area contributed by atoms with E-state index in [4.69, 9.17) is 0 Å². The van der Waals surface area contributed by atoms with Crippen molar-refractivity contribution in [1.82, 2.24) is 4.90 Å². The smallest absolute Gasteiger partial charge is 0.233 e. The number of amides is 3. The molecule has 3 aliphatic carbocycles. The number of benzene rings is 1. The van der Waals surface area contributed by atoms with Gasteiger partial charge in [0.05, 0.1) is 11.8 Å². The van der Waals surface area contributed by atoms with Crippen LogP contribution in [0.15, 0.2) is 24.3 Å². The number of anilines is 1. The molecule has 28 heavy (non-hydrogen) atoms. The van der Waals surface area contributed by atoms with Crippen molar-refractivity contribution in [2.45, 2.75) is 51.0 Å². The van der Waals surface area contributed by atoms with E-state index < -0.39 is 0 Å². The molecule has 4 aliphatic rings. The zero-order valence-corrected chi connectivity index (χ0v) is 17.9. The van der Waals surface area contributed by atoms with Crippen LogP contribution in [-0.4, -0.2) is 28.7 Å². The van der Waals surface area contributed by atoms with Crippen molar-refractivity contribution in [3.63, 3.8) is 0 Å². The molecule has 1 aliphatic heterocycles. The van der Waals surface area contributed by atoms with Crippen LogP contribution in [-0.2, 0) is 14.4 Å². The molecule has 1 heterocycles. The first-order valence-corrected chi connectivity index (χ1v) is 11.5. The highest BCUT2D eigenvalue weighted by Crippen LogP contribution is 2.56. The van der Waals surface area contributed by atoms with Gasteiger partial charge in [0.25, 0.3) is 0 Å². The van der Waals surface area contributed by atoms with E-state index in [0.717, 1.165) is 54.2 Å². The highest BCUT2D eigenvalue weighted by atomic mass is 127. The number of hydrogen-bond acceptors (Lipinski definition) is 3. The van der Waals surface area contributed by atoms with E-state index in [9.17, 15) is 14.4 Å². The fourth-order valence-electron chi connectivity index (χ4n) is 6.17. The standard InChI is InChI=1S/C22H25IN2O3/c23-15-5-7-16(8-6-15)24-20(26)12-3-9-17(10-4-12)25-21(27)18-13-1-2-14(11-13)19(18)22(25)28/h5-8,12-14,17-19H,1-4,9-11H2,(H,24,26)/t12?,13-,14-,17?,18-,19-/m0/s1. The van der Waals surface area contributed by atoms with E-state index in [1.54, 1.807) is 4.90 Å². The first-order valence-electron chi connectivity index (χ1n) is 10.5. The van der Waals surface area contributed by atoms with Gasteiger partial charge in [-0.25, -0.2) is 0 Å². The second kappa shape index (κ2) is 7.11. The van der Waals surface area contributed by atoms with Crippen LogP contribution < -0.4 is 5.32 Å². The topological polar surface area (TPSA) is 66.5 Å². The molecule has 148 valence electrons. The van der Waals surface area contributed by atoms with E-state index in [2.05, 4.69) is 27.9 Å². The quantitative estimate of drug-likeness (QED) is 0.516. The number of carbonyl (C=O) groups is 3. The Hall–Kier alpha value is -1.44. The Morgan fingerprint density at radius 2 is 1.46 bits per heavy atom. The first kappa shape index (κ1) is 18.6. The van der Waals surface area contributed by atoms with Crippen LogP contribution in [0, 0.1) is 33.2 Å². The van der Waals surface area contributed by atoms with Crippen molar-refractivity contribution in [3.8, 4) is 0 Å². The predicted molar refractivity (Wildman–Crippen MR) is 113 cm³/mol. The maximum Gasteiger partial charge on any atom is 0.233 e. The van der Waals surface area contributed by atoms with Gasteiger partial charge in [0.2, 0.25) is 17.7 Å². The van der Waals surface area contributed by atoms with Gasteiger partial charge in [-0.1, -0.05) is 0 Å². The van der Waals surface area contributed by atoms with E-state index in [-0.39, 0.29) is 41.5 Å². The summed E-state index contributed by atoms with van der Waals surface area (Å²) < 4.78 is 1.13. The summed E-state index contributed by atoms with van der Waals surface area (Å²) in [6, 6.07) is 7.77. The molecule has 1 saturated heterocycles. The summed E-state index contributed by atoms with van der Waals surface area (Å²) in [5.74, 6) is 0.997. The largest absolute Gasteiger partial charge is 0.326 e. The Morgan fingerprint density at radius 3 is 2.04 bits per heavy atom. The van der Waals surface area contributed by atoms with Crippen molar-refractivity contribution in [2.24, 2.45) is 29.6 Å². The second-order valence-electron chi connectivity index (χ2n) is 8.93. The van der Waals surface area contributed by atoms with Crippen LogP contribution >= 0.6 is 22.6 Å². The fraction of sp³-hybridized carbons (Fsp3) is 0.591. The molecule has 6 heteroatoms. The molecule has 3 saturated carbocycles. The minimum absolute atomic E-state index is 0.00708. The number of hydrogen-bond donors (Lipinski definition) is 1. The van der Waals surface area contributed by atoms with Crippen LogP contribution in [0.25, 0.3) is 0 Å². The Balaban J connectivity index is 1.20. The van der Waals surface area contributed by atoms with Crippen LogP contribution in [0.2, 0.25) is 0 Å². The average molecular weight is 492 g/mol. The summed E-state index contributed by atoms with van der Waals surface area (Å²) in [5, 5.41) is 3.00. The number of fused-ring (bicyclic) bond motifs is 5. The van der Waals surface area contributed by atoms with E-state index in [1.807, 2.05) is 24.3 Å². The summed E-state index contributed by atoms with van der Waals surface area (Å²) in [6.45, 7) is 0. The van der Waals surface area contributed by atoms with Gasteiger partial charge in [-0.2, -0.15) is 0 Å². The summed E-state index contributed by atoms with van der Waals surface area (Å²) in [7, 11) is 0. The van der Waals surface area contributed by atoms with E-state index in [0.29, 0.717) is 11.8 Å². The minimum atomic E-state index is -0.0426. The molecular weight excluding hydrogens is 467 g/mol. The van der Waals surface area contributed by atoms with Crippen LogP contribution in [0.5, 0.6) is 0 Å². The van der Waals surface area contributed by atoms with Crippen LogP contribution in [0.3, 0.4) is 0 Å². The molecule has 0 unspecified atom stereocenters. The Kier molecular flexibility index (Phi) is 4.72. The Bertz CT molecular complexity index is 788. The average Bonchev–Trinajstić information content (AvgIpc) is 3.38. The highest BCUT2D eigenvalue weighted by molar-refractivity contribution is 14.1. The molecule has 4 fully saturated rings. The molecule has 5 rings (SSSR count). The predicted octanol–water partition coefficient (Wildman–Crippen LogP) is 3.82. The molecule has 4 atom stereocenters. The maximum absolute atomic E-state index is 13.0. The number of carbonyl (C=O) groups excluding carboxylic acids is 3. The third kappa shape index (κ3) is 2.99. The van der Waals surface area contributed by atoms with Gasteiger partial charge in [0, 0.05) is 21.2 Å². The highest BCUT2D eigenvalue weighted by Gasteiger charge is 2.61. The summed E-state index contributed by atoms with van der Waals surface area (Å²) in [4.78, 5) is 40.2. The van der Waals surface area contributed by atoms with Crippen LogP contribution in [0.4, 0.5) is 5.69 Å². The van der Waals surface area contributed by atoms with Gasteiger partial charge in [-0.05, 0) is 104 Å². The SMILES string of the molecule is O=C(Nc1ccc(I)cc1)C1CCC(N2C(=O)[C@H]3[C@H]4CC[C@@H](C4)[C@@H]3C2=O)CC1. The lowest BCUT2D eigenvalue weighted by atomic mass is 9.81. The van der Waals surface area contributed by atoms with Crippen LogP contribution in [0.1, 0.15) is 44.9 Å². The van der Waals surface area contributed by atoms with Crippen molar-refractivity contribution >= 4 is 46.0 Å². The molecule has 5 nitrogen and oxygen atoms in total. The number of nitrogens with one attached hydrogen (secondary N) is 1. The van der Waals surface area contributed by atoms with E-state index >= 15 is 0 Å². The third-order valence-corrected chi connectivity index (χ3v) is 8.23. The van der Waals surface area contributed by atoms with E-state index in [1.165, 1.54) is 0 Å². The fourth-order valence-corrected chi connectivity index (χ4v) is 6.53. The molecule has 0 spiro atoms. The first-order chi connectivity index (χ1) is 13.5.